The number of benzene rings is 2. The Labute approximate surface area is 191 Å². The van der Waals surface area contributed by atoms with Crippen molar-refractivity contribution in [2.24, 2.45) is 7.05 Å². The minimum Gasteiger partial charge on any atom is -0.394 e. The molecule has 0 saturated carbocycles. The van der Waals surface area contributed by atoms with Crippen molar-refractivity contribution in [3.8, 4) is 0 Å². The Hall–Kier alpha value is -3.28. The number of aliphatic hydroxyl groups is 1. The molecule has 0 spiro atoms. The monoisotopic (exact) mass is 468 g/mol. The van der Waals surface area contributed by atoms with Gasteiger partial charge >= 0.3 is 0 Å². The number of fused-ring (bicyclic) bond motifs is 1. The molecule has 32 heavy (non-hydrogen) atoms. The van der Waals surface area contributed by atoms with Crippen molar-refractivity contribution in [1.29, 1.82) is 0 Å². The summed E-state index contributed by atoms with van der Waals surface area (Å²) in [6, 6.07) is 15.7. The number of carbonyl (C=O) groups excluding carboxylic acids is 2. The van der Waals surface area contributed by atoms with Crippen molar-refractivity contribution in [1.82, 2.24) is 25.1 Å². The number of anilines is 1. The number of hydrogen-bond donors (Lipinski definition) is 3. The third kappa shape index (κ3) is 4.96. The number of thiazole rings is 1. The number of rotatable bonds is 8. The minimum atomic E-state index is -0.730. The van der Waals surface area contributed by atoms with E-state index in [4.69, 9.17) is 0 Å². The third-order valence-electron chi connectivity index (χ3n) is 4.58. The van der Waals surface area contributed by atoms with Crippen LogP contribution in [0.1, 0.15) is 22.2 Å². The van der Waals surface area contributed by atoms with Gasteiger partial charge in [-0.1, -0.05) is 53.4 Å². The van der Waals surface area contributed by atoms with Crippen LogP contribution in [0.25, 0.3) is 10.2 Å². The van der Waals surface area contributed by atoms with Crippen LogP contribution in [-0.2, 0) is 11.8 Å². The zero-order chi connectivity index (χ0) is 22.5. The number of carbonyl (C=O) groups is 2. The molecular weight excluding hydrogens is 448 g/mol. The Balaban J connectivity index is 1.37. The van der Waals surface area contributed by atoms with Gasteiger partial charge in [-0.3, -0.25) is 9.59 Å². The van der Waals surface area contributed by atoms with Gasteiger partial charge in [0.05, 0.1) is 22.6 Å². The van der Waals surface area contributed by atoms with Crippen LogP contribution in [0.5, 0.6) is 0 Å². The van der Waals surface area contributed by atoms with Crippen LogP contribution in [0.4, 0.5) is 5.13 Å². The highest BCUT2D eigenvalue weighted by molar-refractivity contribution is 7.99. The first-order valence-electron chi connectivity index (χ1n) is 9.69. The van der Waals surface area contributed by atoms with Crippen LogP contribution in [0, 0.1) is 0 Å². The number of hydrogen-bond acceptors (Lipinski definition) is 8. The smallest absolute Gasteiger partial charge is 0.251 e. The first-order chi connectivity index (χ1) is 15.5. The predicted molar refractivity (Wildman–Crippen MR) is 124 cm³/mol. The molecule has 9 nitrogen and oxygen atoms in total. The van der Waals surface area contributed by atoms with Gasteiger partial charge in [-0.15, -0.1) is 10.2 Å². The maximum absolute atomic E-state index is 12.4. The quantitative estimate of drug-likeness (QED) is 0.340. The first-order valence-corrected chi connectivity index (χ1v) is 11.5. The van der Waals surface area contributed by atoms with Gasteiger partial charge in [0.25, 0.3) is 5.91 Å². The molecule has 4 aromatic rings. The average Bonchev–Trinajstić information content (AvgIpc) is 3.39. The topological polar surface area (TPSA) is 122 Å². The molecule has 0 aliphatic carbocycles. The molecule has 3 N–H and O–H groups in total. The van der Waals surface area contributed by atoms with E-state index in [1.807, 2.05) is 30.3 Å². The summed E-state index contributed by atoms with van der Waals surface area (Å²) in [6.45, 7) is -0.340. The molecule has 164 valence electrons. The fraction of sp³-hybridized carbons (Fsp3) is 0.190. The Morgan fingerprint density at radius 1 is 1.12 bits per heavy atom. The van der Waals surface area contributed by atoms with Crippen molar-refractivity contribution in [2.75, 3.05) is 17.7 Å². The molecule has 0 radical (unpaired) electrons. The highest BCUT2D eigenvalue weighted by Gasteiger charge is 2.22. The van der Waals surface area contributed by atoms with Gasteiger partial charge in [-0.2, -0.15) is 0 Å². The summed E-state index contributed by atoms with van der Waals surface area (Å²) in [6.07, 6.45) is 0. The molecule has 11 heteroatoms. The van der Waals surface area contributed by atoms with Crippen LogP contribution in [-0.4, -0.2) is 49.0 Å². The summed E-state index contributed by atoms with van der Waals surface area (Å²) >= 11 is 2.62. The van der Waals surface area contributed by atoms with Crippen molar-refractivity contribution in [2.45, 2.75) is 11.2 Å². The van der Waals surface area contributed by atoms with Gasteiger partial charge in [-0.05, 0) is 24.3 Å². The molecule has 0 aliphatic rings. The molecule has 1 atom stereocenters. The Morgan fingerprint density at radius 2 is 1.88 bits per heavy atom. The second-order valence-electron chi connectivity index (χ2n) is 6.80. The Morgan fingerprint density at radius 3 is 2.62 bits per heavy atom. The third-order valence-corrected chi connectivity index (χ3v) is 6.55. The van der Waals surface area contributed by atoms with Crippen molar-refractivity contribution < 1.29 is 14.7 Å². The Kier molecular flexibility index (Phi) is 6.78. The van der Waals surface area contributed by atoms with Crippen LogP contribution >= 0.6 is 23.1 Å². The standard InChI is InChI=1S/C21H20N6O3S2/c1-27-18(15(11-28)22-19(30)13-7-3-2-4-8-13)25-26-21(27)31-12-17(29)24-20-23-14-9-5-6-10-16(14)32-20/h2-10,15,28H,11-12H2,1H3,(H,22,30)(H,23,24,29)/t15-/m1/s1. The summed E-state index contributed by atoms with van der Waals surface area (Å²) < 4.78 is 2.66. The number of aromatic nitrogens is 4. The van der Waals surface area contributed by atoms with E-state index in [1.54, 1.807) is 35.9 Å². The van der Waals surface area contributed by atoms with E-state index in [-0.39, 0.29) is 24.2 Å². The number of amides is 2. The molecule has 2 aromatic carbocycles. The summed E-state index contributed by atoms with van der Waals surface area (Å²) in [7, 11) is 1.72. The lowest BCUT2D eigenvalue weighted by molar-refractivity contribution is -0.113. The average molecular weight is 469 g/mol. The van der Waals surface area contributed by atoms with E-state index in [1.165, 1.54) is 23.1 Å². The summed E-state index contributed by atoms with van der Waals surface area (Å²) in [5.74, 6) is -0.0279. The maximum atomic E-state index is 12.4. The zero-order valence-electron chi connectivity index (χ0n) is 17.1. The molecular formula is C21H20N6O3S2. The minimum absolute atomic E-state index is 0.113. The van der Waals surface area contributed by atoms with Gasteiger partial charge in [0.15, 0.2) is 16.1 Å². The number of para-hydroxylation sites is 1. The van der Waals surface area contributed by atoms with E-state index >= 15 is 0 Å². The molecule has 0 unspecified atom stereocenters. The van der Waals surface area contributed by atoms with Gasteiger partial charge in [0.1, 0.15) is 6.04 Å². The van der Waals surface area contributed by atoms with Gasteiger partial charge in [0.2, 0.25) is 5.91 Å². The van der Waals surface area contributed by atoms with E-state index < -0.39 is 6.04 Å². The molecule has 0 saturated heterocycles. The van der Waals surface area contributed by atoms with Crippen LogP contribution in [0.3, 0.4) is 0 Å². The van der Waals surface area contributed by atoms with Crippen molar-refractivity contribution in [3.63, 3.8) is 0 Å². The van der Waals surface area contributed by atoms with Crippen LogP contribution < -0.4 is 10.6 Å². The summed E-state index contributed by atoms with van der Waals surface area (Å²) in [4.78, 5) is 29.2. The normalized spacial score (nSPS) is 11.9. The lowest BCUT2D eigenvalue weighted by atomic mass is 10.2. The summed E-state index contributed by atoms with van der Waals surface area (Å²) in [5.41, 5.74) is 1.32. The highest BCUT2D eigenvalue weighted by atomic mass is 32.2. The molecule has 0 aliphatic heterocycles. The fourth-order valence-electron chi connectivity index (χ4n) is 2.99. The fourth-order valence-corrected chi connectivity index (χ4v) is 4.59. The van der Waals surface area contributed by atoms with Crippen LogP contribution in [0.2, 0.25) is 0 Å². The second-order valence-corrected chi connectivity index (χ2v) is 8.77. The van der Waals surface area contributed by atoms with Gasteiger partial charge in [0, 0.05) is 12.6 Å². The Bertz CT molecular complexity index is 1210. The first kappa shape index (κ1) is 21.9. The summed E-state index contributed by atoms with van der Waals surface area (Å²) in [5, 5.41) is 24.6. The molecule has 0 bridgehead atoms. The second kappa shape index (κ2) is 9.90. The predicted octanol–water partition coefficient (Wildman–Crippen LogP) is 2.62. The highest BCUT2D eigenvalue weighted by Crippen LogP contribution is 2.26. The van der Waals surface area contributed by atoms with E-state index in [0.29, 0.717) is 21.7 Å². The van der Waals surface area contributed by atoms with Crippen molar-refractivity contribution >= 4 is 50.3 Å². The largest absolute Gasteiger partial charge is 0.394 e. The van der Waals surface area contributed by atoms with Gasteiger partial charge in [-0.25, -0.2) is 4.98 Å². The molecule has 2 heterocycles. The molecule has 2 aromatic heterocycles. The number of nitrogens with zero attached hydrogens (tertiary/aromatic N) is 4. The van der Waals surface area contributed by atoms with E-state index in [0.717, 1.165) is 10.2 Å². The zero-order valence-corrected chi connectivity index (χ0v) is 18.7. The SMILES string of the molecule is Cn1c(SCC(=O)Nc2nc3ccccc3s2)nnc1[C@@H](CO)NC(=O)c1ccccc1. The molecule has 0 fully saturated rings. The maximum Gasteiger partial charge on any atom is 0.251 e. The number of nitrogens with one attached hydrogen (secondary N) is 2. The number of thioether (sulfide) groups is 1. The lowest BCUT2D eigenvalue weighted by Crippen LogP contribution is -2.32. The van der Waals surface area contributed by atoms with Crippen LogP contribution in [0.15, 0.2) is 59.8 Å². The van der Waals surface area contributed by atoms with E-state index in [9.17, 15) is 14.7 Å². The number of aliphatic hydroxyl groups excluding tert-OH is 1. The van der Waals surface area contributed by atoms with Crippen molar-refractivity contribution in [3.05, 3.63) is 66.0 Å². The molecule has 2 amide bonds. The van der Waals surface area contributed by atoms with Gasteiger partial charge < -0.3 is 20.3 Å². The van der Waals surface area contributed by atoms with E-state index in [2.05, 4.69) is 25.8 Å². The molecule has 4 rings (SSSR count). The lowest BCUT2D eigenvalue weighted by Gasteiger charge is -2.15.